The molecule has 1 N–H and O–H groups in total. The van der Waals surface area contributed by atoms with E-state index in [1.807, 2.05) is 13.0 Å². The Hall–Kier alpha value is -2.40. The molecule has 0 atom stereocenters. The third-order valence-corrected chi connectivity index (χ3v) is 3.79. The van der Waals surface area contributed by atoms with Crippen molar-refractivity contribution >= 4 is 23.2 Å². The molecule has 0 aliphatic carbocycles. The van der Waals surface area contributed by atoms with Crippen molar-refractivity contribution in [3.05, 3.63) is 47.0 Å². The second-order valence-electron chi connectivity index (χ2n) is 5.48. The minimum atomic E-state index is -0.276. The standard InChI is InChI=1S/C18H18ClNO4/c1-12-3-5-14(19)16(9-12)24-11-18(21)20-13-4-6-15-17(10-13)23-8-2-7-22-15/h3-6,9-10H,2,7-8,11H2,1H3,(H,20,21). The molecule has 6 heteroatoms. The van der Waals surface area contributed by atoms with Gasteiger partial charge in [-0.2, -0.15) is 0 Å². The van der Waals surface area contributed by atoms with E-state index in [1.54, 1.807) is 30.3 Å². The third-order valence-electron chi connectivity index (χ3n) is 3.48. The summed E-state index contributed by atoms with van der Waals surface area (Å²) in [5.74, 6) is 1.54. The van der Waals surface area contributed by atoms with Crippen LogP contribution in [0.15, 0.2) is 36.4 Å². The van der Waals surface area contributed by atoms with Crippen LogP contribution in [0.1, 0.15) is 12.0 Å². The molecule has 0 aromatic heterocycles. The molecule has 0 bridgehead atoms. The number of amides is 1. The van der Waals surface area contributed by atoms with E-state index in [1.165, 1.54) is 0 Å². The summed E-state index contributed by atoms with van der Waals surface area (Å²) in [7, 11) is 0. The van der Waals surface area contributed by atoms with Crippen LogP contribution < -0.4 is 19.5 Å². The van der Waals surface area contributed by atoms with Crippen molar-refractivity contribution in [1.82, 2.24) is 0 Å². The van der Waals surface area contributed by atoms with Gasteiger partial charge in [0.05, 0.1) is 18.2 Å². The van der Waals surface area contributed by atoms with Crippen LogP contribution in [0.4, 0.5) is 5.69 Å². The van der Waals surface area contributed by atoms with E-state index in [9.17, 15) is 4.79 Å². The zero-order valence-electron chi connectivity index (χ0n) is 13.3. The van der Waals surface area contributed by atoms with E-state index < -0.39 is 0 Å². The van der Waals surface area contributed by atoms with Crippen LogP contribution >= 0.6 is 11.6 Å². The fourth-order valence-electron chi connectivity index (χ4n) is 2.30. The Kier molecular flexibility index (Phi) is 5.11. The van der Waals surface area contributed by atoms with Crippen LogP contribution in [0, 0.1) is 6.92 Å². The maximum Gasteiger partial charge on any atom is 0.262 e. The number of hydrogen-bond acceptors (Lipinski definition) is 4. The monoisotopic (exact) mass is 347 g/mol. The van der Waals surface area contributed by atoms with Crippen LogP contribution in [0.3, 0.4) is 0 Å². The molecule has 3 rings (SSSR count). The maximum absolute atomic E-state index is 12.1. The molecule has 2 aromatic carbocycles. The summed E-state index contributed by atoms with van der Waals surface area (Å²) in [4.78, 5) is 12.1. The SMILES string of the molecule is Cc1ccc(Cl)c(OCC(=O)Nc2ccc3c(c2)OCCCO3)c1. The van der Waals surface area contributed by atoms with Crippen LogP contribution in [0.25, 0.3) is 0 Å². The van der Waals surface area contributed by atoms with Gasteiger partial charge in [0.15, 0.2) is 18.1 Å². The molecular formula is C18H18ClNO4. The zero-order valence-corrected chi connectivity index (χ0v) is 14.1. The summed E-state index contributed by atoms with van der Waals surface area (Å²) >= 11 is 6.05. The van der Waals surface area contributed by atoms with Crippen LogP contribution in [-0.2, 0) is 4.79 Å². The smallest absolute Gasteiger partial charge is 0.262 e. The molecule has 1 heterocycles. The Morgan fingerprint density at radius 2 is 1.96 bits per heavy atom. The molecule has 0 radical (unpaired) electrons. The van der Waals surface area contributed by atoms with E-state index in [2.05, 4.69) is 5.32 Å². The van der Waals surface area contributed by atoms with Gasteiger partial charge >= 0.3 is 0 Å². The number of benzene rings is 2. The number of rotatable bonds is 4. The molecule has 5 nitrogen and oxygen atoms in total. The zero-order chi connectivity index (χ0) is 16.9. The van der Waals surface area contributed by atoms with Crippen molar-refractivity contribution in [3.63, 3.8) is 0 Å². The predicted molar refractivity (Wildman–Crippen MR) is 92.4 cm³/mol. The first-order chi connectivity index (χ1) is 11.6. The molecule has 0 saturated carbocycles. The fourth-order valence-corrected chi connectivity index (χ4v) is 2.47. The van der Waals surface area contributed by atoms with Crippen molar-refractivity contribution in [2.75, 3.05) is 25.1 Å². The first kappa shape index (κ1) is 16.5. The highest BCUT2D eigenvalue weighted by molar-refractivity contribution is 6.32. The first-order valence-electron chi connectivity index (χ1n) is 7.70. The summed E-state index contributed by atoms with van der Waals surface area (Å²) < 4.78 is 16.6. The minimum absolute atomic E-state index is 0.127. The largest absolute Gasteiger partial charge is 0.490 e. The van der Waals surface area contributed by atoms with Crippen molar-refractivity contribution < 1.29 is 19.0 Å². The summed E-state index contributed by atoms with van der Waals surface area (Å²) in [6.45, 7) is 3.03. The van der Waals surface area contributed by atoms with E-state index >= 15 is 0 Å². The summed E-state index contributed by atoms with van der Waals surface area (Å²) in [5.41, 5.74) is 1.64. The molecule has 1 aliphatic heterocycles. The van der Waals surface area contributed by atoms with Gasteiger partial charge in [-0.15, -0.1) is 0 Å². The van der Waals surface area contributed by atoms with Gasteiger partial charge < -0.3 is 19.5 Å². The molecule has 0 saturated heterocycles. The number of nitrogens with one attached hydrogen (secondary N) is 1. The van der Waals surface area contributed by atoms with Crippen molar-refractivity contribution in [3.8, 4) is 17.2 Å². The molecule has 126 valence electrons. The summed E-state index contributed by atoms with van der Waals surface area (Å²) in [6, 6.07) is 10.7. The molecule has 1 aliphatic rings. The number of fused-ring (bicyclic) bond motifs is 1. The number of aryl methyl sites for hydroxylation is 1. The second-order valence-corrected chi connectivity index (χ2v) is 5.89. The lowest BCUT2D eigenvalue weighted by Crippen LogP contribution is -2.20. The topological polar surface area (TPSA) is 56.8 Å². The first-order valence-corrected chi connectivity index (χ1v) is 8.08. The number of anilines is 1. The maximum atomic E-state index is 12.1. The number of hydrogen-bond donors (Lipinski definition) is 1. The highest BCUT2D eigenvalue weighted by Gasteiger charge is 2.12. The molecule has 24 heavy (non-hydrogen) atoms. The van der Waals surface area contributed by atoms with E-state index in [-0.39, 0.29) is 12.5 Å². The van der Waals surface area contributed by atoms with Crippen molar-refractivity contribution in [2.45, 2.75) is 13.3 Å². The quantitative estimate of drug-likeness (QED) is 0.913. The van der Waals surface area contributed by atoms with Crippen LogP contribution in [-0.4, -0.2) is 25.7 Å². The normalized spacial score (nSPS) is 13.1. The van der Waals surface area contributed by atoms with Gasteiger partial charge in [0.2, 0.25) is 0 Å². The van der Waals surface area contributed by atoms with Gasteiger partial charge in [-0.05, 0) is 36.8 Å². The minimum Gasteiger partial charge on any atom is -0.490 e. The molecule has 0 unspecified atom stereocenters. The molecule has 1 amide bonds. The number of carbonyl (C=O) groups excluding carboxylic acids is 1. The van der Waals surface area contributed by atoms with Gasteiger partial charge in [-0.3, -0.25) is 4.79 Å². The number of ether oxygens (including phenoxy) is 3. The summed E-state index contributed by atoms with van der Waals surface area (Å²) in [6.07, 6.45) is 0.835. The third kappa shape index (κ3) is 4.11. The van der Waals surface area contributed by atoms with Gasteiger partial charge in [0, 0.05) is 18.2 Å². The van der Waals surface area contributed by atoms with E-state index in [4.69, 9.17) is 25.8 Å². The predicted octanol–water partition coefficient (Wildman–Crippen LogP) is 3.83. The number of carbonyl (C=O) groups is 1. The average Bonchev–Trinajstić information content (AvgIpc) is 2.80. The molecular weight excluding hydrogens is 330 g/mol. The second kappa shape index (κ2) is 7.45. The van der Waals surface area contributed by atoms with Gasteiger partial charge in [-0.1, -0.05) is 17.7 Å². The highest BCUT2D eigenvalue weighted by Crippen LogP contribution is 2.32. The Bertz CT molecular complexity index is 748. The average molecular weight is 348 g/mol. The van der Waals surface area contributed by atoms with Crippen molar-refractivity contribution in [1.29, 1.82) is 0 Å². The molecule has 0 fully saturated rings. The highest BCUT2D eigenvalue weighted by atomic mass is 35.5. The van der Waals surface area contributed by atoms with Gasteiger partial charge in [0.1, 0.15) is 5.75 Å². The van der Waals surface area contributed by atoms with E-state index in [0.29, 0.717) is 41.2 Å². The Labute approximate surface area is 145 Å². The summed E-state index contributed by atoms with van der Waals surface area (Å²) in [5, 5.41) is 3.25. The lowest BCUT2D eigenvalue weighted by Gasteiger charge is -2.11. The Morgan fingerprint density at radius 1 is 1.17 bits per heavy atom. The Morgan fingerprint density at radius 3 is 2.79 bits per heavy atom. The van der Waals surface area contributed by atoms with Gasteiger partial charge in [-0.25, -0.2) is 0 Å². The Balaban J connectivity index is 1.60. The van der Waals surface area contributed by atoms with Crippen LogP contribution in [0.5, 0.6) is 17.2 Å². The lowest BCUT2D eigenvalue weighted by molar-refractivity contribution is -0.118. The molecule has 0 spiro atoms. The lowest BCUT2D eigenvalue weighted by atomic mass is 10.2. The van der Waals surface area contributed by atoms with Crippen molar-refractivity contribution in [2.24, 2.45) is 0 Å². The van der Waals surface area contributed by atoms with Crippen LogP contribution in [0.2, 0.25) is 5.02 Å². The van der Waals surface area contributed by atoms with E-state index in [0.717, 1.165) is 12.0 Å². The fraction of sp³-hybridized carbons (Fsp3) is 0.278. The van der Waals surface area contributed by atoms with Gasteiger partial charge in [0.25, 0.3) is 5.91 Å². The number of halogens is 1. The molecule has 2 aromatic rings.